The van der Waals surface area contributed by atoms with Crippen LogP contribution < -0.4 is 19.6 Å². The predicted molar refractivity (Wildman–Crippen MR) is 144 cm³/mol. The Balaban J connectivity index is 1.36. The van der Waals surface area contributed by atoms with Gasteiger partial charge in [0.15, 0.2) is 0 Å². The molecule has 0 unspecified atom stereocenters. The summed E-state index contributed by atoms with van der Waals surface area (Å²) in [5.41, 5.74) is 4.84. The number of nitrogens with one attached hydrogen (secondary N) is 1. The fourth-order valence-corrected chi connectivity index (χ4v) is 3.65. The fourth-order valence-electron chi connectivity index (χ4n) is 3.27. The molecule has 0 aliphatic heterocycles. The van der Waals surface area contributed by atoms with E-state index in [1.807, 2.05) is 30.3 Å². The van der Waals surface area contributed by atoms with Crippen LogP contribution in [0.5, 0.6) is 17.2 Å². The van der Waals surface area contributed by atoms with Gasteiger partial charge in [-0.25, -0.2) is 10.2 Å². The quantitative estimate of drug-likeness (QED) is 0.117. The first-order chi connectivity index (χ1) is 18.0. The van der Waals surface area contributed by atoms with Crippen molar-refractivity contribution in [2.75, 3.05) is 7.11 Å². The van der Waals surface area contributed by atoms with Crippen molar-refractivity contribution in [3.63, 3.8) is 0 Å². The highest BCUT2D eigenvalue weighted by molar-refractivity contribution is 9.10. The normalized spacial score (nSPS) is 10.6. The van der Waals surface area contributed by atoms with Crippen LogP contribution in [-0.4, -0.2) is 25.2 Å². The number of methoxy groups -OCH3 is 1. The van der Waals surface area contributed by atoms with E-state index in [0.717, 1.165) is 10.0 Å². The number of amides is 1. The number of carbonyl (C=O) groups is 2. The molecule has 0 saturated heterocycles. The molecule has 0 fully saturated rings. The van der Waals surface area contributed by atoms with Crippen molar-refractivity contribution in [2.24, 2.45) is 5.10 Å². The molecule has 0 heterocycles. The average molecular weight is 559 g/mol. The molecule has 4 aromatic carbocycles. The summed E-state index contributed by atoms with van der Waals surface area (Å²) in [4.78, 5) is 25.1. The van der Waals surface area contributed by atoms with E-state index in [1.165, 1.54) is 6.21 Å². The van der Waals surface area contributed by atoms with Crippen LogP contribution in [0.2, 0.25) is 0 Å². The van der Waals surface area contributed by atoms with E-state index in [2.05, 4.69) is 26.5 Å². The summed E-state index contributed by atoms with van der Waals surface area (Å²) < 4.78 is 17.2. The van der Waals surface area contributed by atoms with Crippen molar-refractivity contribution in [3.05, 3.63) is 124 Å². The number of benzene rings is 4. The number of hydrazone groups is 1. The summed E-state index contributed by atoms with van der Waals surface area (Å²) in [6.07, 6.45) is 1.41. The molecule has 0 saturated carbocycles. The van der Waals surface area contributed by atoms with E-state index in [0.29, 0.717) is 40.5 Å². The van der Waals surface area contributed by atoms with Gasteiger partial charge in [0.05, 0.1) is 18.9 Å². The van der Waals surface area contributed by atoms with Gasteiger partial charge in [-0.05, 0) is 72.3 Å². The van der Waals surface area contributed by atoms with E-state index in [9.17, 15) is 9.59 Å². The summed E-state index contributed by atoms with van der Waals surface area (Å²) in [5.74, 6) is 0.664. The van der Waals surface area contributed by atoms with Gasteiger partial charge in [0.2, 0.25) is 0 Å². The maximum Gasteiger partial charge on any atom is 0.343 e. The van der Waals surface area contributed by atoms with Crippen molar-refractivity contribution in [1.29, 1.82) is 0 Å². The van der Waals surface area contributed by atoms with Crippen LogP contribution in [0.1, 0.15) is 31.8 Å². The second kappa shape index (κ2) is 12.5. The second-order valence-corrected chi connectivity index (χ2v) is 8.71. The molecule has 0 aromatic heterocycles. The molecule has 37 heavy (non-hydrogen) atoms. The number of halogens is 1. The Morgan fingerprint density at radius 1 is 0.865 bits per heavy atom. The largest absolute Gasteiger partial charge is 0.497 e. The number of rotatable bonds is 9. The molecule has 0 aliphatic carbocycles. The molecule has 1 amide bonds. The van der Waals surface area contributed by atoms with E-state index in [1.54, 1.807) is 73.8 Å². The van der Waals surface area contributed by atoms with Crippen LogP contribution in [0.25, 0.3) is 0 Å². The molecule has 7 nitrogen and oxygen atoms in total. The van der Waals surface area contributed by atoms with Gasteiger partial charge in [-0.15, -0.1) is 0 Å². The predicted octanol–water partition coefficient (Wildman–Crippen LogP) is 6.02. The lowest BCUT2D eigenvalue weighted by Crippen LogP contribution is -2.17. The molecular formula is C29H23BrN2O5. The van der Waals surface area contributed by atoms with Crippen molar-refractivity contribution >= 4 is 34.0 Å². The molecule has 4 rings (SSSR count). The summed E-state index contributed by atoms with van der Waals surface area (Å²) in [7, 11) is 1.55. The molecular weight excluding hydrogens is 536 g/mol. The van der Waals surface area contributed by atoms with Crippen molar-refractivity contribution in [1.82, 2.24) is 5.43 Å². The highest BCUT2D eigenvalue weighted by atomic mass is 79.9. The van der Waals surface area contributed by atoms with Gasteiger partial charge in [0, 0.05) is 15.6 Å². The third-order valence-corrected chi connectivity index (χ3v) is 5.73. The van der Waals surface area contributed by atoms with Crippen molar-refractivity contribution in [2.45, 2.75) is 6.61 Å². The maximum absolute atomic E-state index is 12.6. The Morgan fingerprint density at radius 2 is 1.54 bits per heavy atom. The lowest BCUT2D eigenvalue weighted by atomic mass is 10.2. The summed E-state index contributed by atoms with van der Waals surface area (Å²) in [6.45, 7) is 0.439. The van der Waals surface area contributed by atoms with Gasteiger partial charge < -0.3 is 14.2 Å². The number of hydrogen-bond acceptors (Lipinski definition) is 6. The van der Waals surface area contributed by atoms with Gasteiger partial charge in [-0.2, -0.15) is 5.10 Å². The first kappa shape index (κ1) is 25.7. The molecule has 0 spiro atoms. The van der Waals surface area contributed by atoms with Crippen LogP contribution >= 0.6 is 15.9 Å². The van der Waals surface area contributed by atoms with E-state index < -0.39 is 11.9 Å². The number of ether oxygens (including phenoxy) is 3. The smallest absolute Gasteiger partial charge is 0.343 e. The average Bonchev–Trinajstić information content (AvgIpc) is 2.94. The van der Waals surface area contributed by atoms with Crippen LogP contribution in [-0.2, 0) is 6.61 Å². The summed E-state index contributed by atoms with van der Waals surface area (Å²) in [5, 5.41) is 4.04. The first-order valence-corrected chi connectivity index (χ1v) is 12.1. The topological polar surface area (TPSA) is 86.2 Å². The lowest BCUT2D eigenvalue weighted by molar-refractivity contribution is 0.0734. The van der Waals surface area contributed by atoms with Gasteiger partial charge in [0.1, 0.15) is 23.9 Å². The Labute approximate surface area is 222 Å². The molecule has 0 aliphatic rings. The minimum atomic E-state index is -0.529. The number of nitrogens with zero attached hydrogens (tertiary/aromatic N) is 1. The lowest BCUT2D eigenvalue weighted by Gasteiger charge is -2.09. The highest BCUT2D eigenvalue weighted by Crippen LogP contribution is 2.23. The highest BCUT2D eigenvalue weighted by Gasteiger charge is 2.12. The standard InChI is InChI=1S/C29H23BrN2O5/c1-35-25-12-9-22(10-13-25)29(34)37-27-16-11-24(30)17-23(27)18-31-32-28(33)21-7-14-26(15-8-21)36-19-20-5-3-2-4-6-20/h2-18H,19H2,1H3,(H,32,33). The van der Waals surface area contributed by atoms with Crippen LogP contribution in [0.4, 0.5) is 0 Å². The zero-order chi connectivity index (χ0) is 26.0. The number of esters is 1. The third kappa shape index (κ3) is 7.28. The molecule has 0 bridgehead atoms. The molecule has 4 aromatic rings. The second-order valence-electron chi connectivity index (χ2n) is 7.80. The third-order valence-electron chi connectivity index (χ3n) is 5.23. The van der Waals surface area contributed by atoms with Crippen molar-refractivity contribution < 1.29 is 23.8 Å². The maximum atomic E-state index is 12.6. The summed E-state index contributed by atoms with van der Waals surface area (Å²) in [6, 6.07) is 28.3. The van der Waals surface area contributed by atoms with Crippen molar-refractivity contribution in [3.8, 4) is 17.2 Å². The first-order valence-electron chi connectivity index (χ1n) is 11.3. The van der Waals surface area contributed by atoms with Crippen LogP contribution in [0.15, 0.2) is 107 Å². The van der Waals surface area contributed by atoms with Gasteiger partial charge in [-0.1, -0.05) is 46.3 Å². The minimum absolute atomic E-state index is 0.293. The molecule has 8 heteroatoms. The number of hydrogen-bond donors (Lipinski definition) is 1. The number of carbonyl (C=O) groups excluding carboxylic acids is 2. The summed E-state index contributed by atoms with van der Waals surface area (Å²) >= 11 is 3.40. The van der Waals surface area contributed by atoms with Gasteiger partial charge >= 0.3 is 5.97 Å². The molecule has 0 atom stereocenters. The van der Waals surface area contributed by atoms with E-state index in [4.69, 9.17) is 14.2 Å². The van der Waals surface area contributed by atoms with Gasteiger partial charge in [-0.3, -0.25) is 4.79 Å². The Morgan fingerprint density at radius 3 is 2.24 bits per heavy atom. The van der Waals surface area contributed by atoms with E-state index >= 15 is 0 Å². The molecule has 186 valence electrons. The minimum Gasteiger partial charge on any atom is -0.497 e. The van der Waals surface area contributed by atoms with Crippen LogP contribution in [0, 0.1) is 0 Å². The molecule has 0 radical (unpaired) electrons. The Bertz CT molecular complexity index is 1390. The fraction of sp³-hybridized carbons (Fsp3) is 0.0690. The van der Waals surface area contributed by atoms with Gasteiger partial charge in [0.25, 0.3) is 5.91 Å². The zero-order valence-corrected chi connectivity index (χ0v) is 21.5. The monoisotopic (exact) mass is 558 g/mol. The Kier molecular flexibility index (Phi) is 8.67. The molecule has 1 N–H and O–H groups in total. The SMILES string of the molecule is COc1ccc(C(=O)Oc2ccc(Br)cc2C=NNC(=O)c2ccc(OCc3ccccc3)cc2)cc1. The zero-order valence-electron chi connectivity index (χ0n) is 19.9. The Hall–Kier alpha value is -4.43. The van der Waals surface area contributed by atoms with E-state index in [-0.39, 0.29) is 0 Å². The van der Waals surface area contributed by atoms with Crippen LogP contribution in [0.3, 0.4) is 0 Å².